The molecule has 2 N–H and O–H groups in total. The Labute approximate surface area is 138 Å². The summed E-state index contributed by atoms with van der Waals surface area (Å²) in [5, 5.41) is 15.6. The molecule has 0 aliphatic rings. The molecular formula is C17H17N3O2S. The fourth-order valence-corrected chi connectivity index (χ4v) is 2.99. The van der Waals surface area contributed by atoms with Crippen LogP contribution in [-0.2, 0) is 13.2 Å². The van der Waals surface area contributed by atoms with E-state index in [0.29, 0.717) is 12.3 Å². The molecule has 1 aromatic carbocycles. The zero-order valence-corrected chi connectivity index (χ0v) is 13.5. The van der Waals surface area contributed by atoms with E-state index >= 15 is 0 Å². The van der Waals surface area contributed by atoms with Crippen molar-refractivity contribution in [3.8, 4) is 16.5 Å². The molecule has 0 unspecified atom stereocenters. The molecule has 0 radical (unpaired) electrons. The van der Waals surface area contributed by atoms with E-state index < -0.39 is 0 Å². The van der Waals surface area contributed by atoms with Crippen LogP contribution in [0.5, 0.6) is 5.75 Å². The number of aliphatic hydroxyl groups excluding tert-OH is 1. The summed E-state index contributed by atoms with van der Waals surface area (Å²) in [4.78, 5) is 8.90. The Morgan fingerprint density at radius 1 is 1.26 bits per heavy atom. The maximum atomic E-state index is 9.36. The number of hydrogen-bond acceptors (Lipinski definition) is 6. The minimum Gasteiger partial charge on any atom is -0.496 e. The third-order valence-electron chi connectivity index (χ3n) is 3.36. The number of rotatable bonds is 6. The largest absolute Gasteiger partial charge is 0.496 e. The first kappa shape index (κ1) is 15.5. The summed E-state index contributed by atoms with van der Waals surface area (Å²) < 4.78 is 5.20. The van der Waals surface area contributed by atoms with Gasteiger partial charge in [0.15, 0.2) is 0 Å². The molecule has 118 valence electrons. The second kappa shape index (κ2) is 7.21. The van der Waals surface area contributed by atoms with Crippen LogP contribution in [0.2, 0.25) is 0 Å². The standard InChI is InChI=1S/C17H17N3O2S/c1-22-16-6-5-13(8-12(16)10-21)19-9-14-11-23-17(20-14)15-4-2-3-7-18-15/h2-8,11,19,21H,9-10H2,1H3. The molecule has 0 atom stereocenters. The summed E-state index contributed by atoms with van der Waals surface area (Å²) in [6.45, 7) is 0.555. The van der Waals surface area contributed by atoms with E-state index in [2.05, 4.69) is 15.3 Å². The molecule has 0 saturated heterocycles. The summed E-state index contributed by atoms with van der Waals surface area (Å²) >= 11 is 1.58. The molecule has 0 aliphatic heterocycles. The lowest BCUT2D eigenvalue weighted by Crippen LogP contribution is -2.01. The quantitative estimate of drug-likeness (QED) is 0.727. The van der Waals surface area contributed by atoms with E-state index in [1.807, 2.05) is 41.8 Å². The molecule has 0 aliphatic carbocycles. The molecule has 2 heterocycles. The second-order valence-corrected chi connectivity index (χ2v) is 5.76. The van der Waals surface area contributed by atoms with E-state index in [9.17, 15) is 5.11 Å². The fourth-order valence-electron chi connectivity index (χ4n) is 2.20. The van der Waals surface area contributed by atoms with Gasteiger partial charge < -0.3 is 15.2 Å². The van der Waals surface area contributed by atoms with Crippen molar-refractivity contribution >= 4 is 17.0 Å². The fraction of sp³-hybridized carbons (Fsp3) is 0.176. The van der Waals surface area contributed by atoms with Crippen LogP contribution in [0, 0.1) is 0 Å². The van der Waals surface area contributed by atoms with Gasteiger partial charge >= 0.3 is 0 Å². The van der Waals surface area contributed by atoms with E-state index in [1.54, 1.807) is 24.6 Å². The van der Waals surface area contributed by atoms with Crippen molar-refractivity contribution < 1.29 is 9.84 Å². The average Bonchev–Trinajstić information content (AvgIpc) is 3.09. The number of anilines is 1. The van der Waals surface area contributed by atoms with Crippen molar-refractivity contribution in [2.45, 2.75) is 13.2 Å². The van der Waals surface area contributed by atoms with Gasteiger partial charge in [-0.15, -0.1) is 11.3 Å². The van der Waals surface area contributed by atoms with Crippen LogP contribution < -0.4 is 10.1 Å². The van der Waals surface area contributed by atoms with E-state index in [4.69, 9.17) is 4.74 Å². The van der Waals surface area contributed by atoms with Crippen LogP contribution in [0.25, 0.3) is 10.7 Å². The lowest BCUT2D eigenvalue weighted by Gasteiger charge is -2.10. The lowest BCUT2D eigenvalue weighted by molar-refractivity contribution is 0.274. The van der Waals surface area contributed by atoms with E-state index in [1.165, 1.54) is 0 Å². The average molecular weight is 327 g/mol. The lowest BCUT2D eigenvalue weighted by atomic mass is 10.2. The van der Waals surface area contributed by atoms with Crippen molar-refractivity contribution in [3.05, 3.63) is 59.2 Å². The molecule has 0 spiro atoms. The molecular weight excluding hydrogens is 310 g/mol. The number of hydrogen-bond donors (Lipinski definition) is 2. The molecule has 2 aromatic heterocycles. The molecule has 3 aromatic rings. The predicted octanol–water partition coefficient (Wildman–Crippen LogP) is 3.32. The number of thiazole rings is 1. The van der Waals surface area contributed by atoms with Crippen molar-refractivity contribution in [1.29, 1.82) is 0 Å². The molecule has 5 nitrogen and oxygen atoms in total. The number of benzene rings is 1. The summed E-state index contributed by atoms with van der Waals surface area (Å²) in [7, 11) is 1.59. The van der Waals surface area contributed by atoms with E-state index in [0.717, 1.165) is 27.6 Å². The van der Waals surface area contributed by atoms with Crippen LogP contribution in [0.15, 0.2) is 48.0 Å². The third kappa shape index (κ3) is 3.67. The molecule has 0 bridgehead atoms. The smallest absolute Gasteiger partial charge is 0.142 e. The molecule has 23 heavy (non-hydrogen) atoms. The molecule has 6 heteroatoms. The first-order valence-corrected chi connectivity index (χ1v) is 8.05. The Morgan fingerprint density at radius 2 is 2.17 bits per heavy atom. The Hall–Kier alpha value is -2.44. The van der Waals surface area contributed by atoms with Gasteiger partial charge in [0.1, 0.15) is 10.8 Å². The van der Waals surface area contributed by atoms with Crippen LogP contribution in [0.3, 0.4) is 0 Å². The van der Waals surface area contributed by atoms with Crippen LogP contribution in [0.4, 0.5) is 5.69 Å². The van der Waals surface area contributed by atoms with Gasteiger partial charge in [-0.1, -0.05) is 6.07 Å². The predicted molar refractivity (Wildman–Crippen MR) is 91.6 cm³/mol. The topological polar surface area (TPSA) is 67.3 Å². The highest BCUT2D eigenvalue weighted by atomic mass is 32.1. The summed E-state index contributed by atoms with van der Waals surface area (Å²) in [5.74, 6) is 0.684. The number of nitrogens with one attached hydrogen (secondary N) is 1. The highest BCUT2D eigenvalue weighted by Gasteiger charge is 2.07. The van der Waals surface area contributed by atoms with Crippen LogP contribution in [-0.4, -0.2) is 22.2 Å². The minimum absolute atomic E-state index is 0.0563. The molecule has 3 rings (SSSR count). The number of aliphatic hydroxyl groups is 1. The molecule has 0 amide bonds. The SMILES string of the molecule is COc1ccc(NCc2csc(-c3ccccn3)n2)cc1CO. The van der Waals surface area contributed by atoms with Crippen molar-refractivity contribution in [2.24, 2.45) is 0 Å². The maximum absolute atomic E-state index is 9.36. The summed E-state index contributed by atoms with van der Waals surface area (Å²) in [6, 6.07) is 11.4. The number of aromatic nitrogens is 2. The molecule has 0 fully saturated rings. The minimum atomic E-state index is -0.0563. The normalized spacial score (nSPS) is 10.5. The second-order valence-electron chi connectivity index (χ2n) is 4.90. The first-order chi connectivity index (χ1) is 11.3. The number of methoxy groups -OCH3 is 1. The Balaban J connectivity index is 1.68. The van der Waals surface area contributed by atoms with Gasteiger partial charge in [-0.25, -0.2) is 4.98 Å². The van der Waals surface area contributed by atoms with Crippen LogP contribution >= 0.6 is 11.3 Å². The monoisotopic (exact) mass is 327 g/mol. The highest BCUT2D eigenvalue weighted by Crippen LogP contribution is 2.24. The Morgan fingerprint density at radius 3 is 2.91 bits per heavy atom. The number of nitrogens with zero attached hydrogens (tertiary/aromatic N) is 2. The zero-order valence-electron chi connectivity index (χ0n) is 12.7. The van der Waals surface area contributed by atoms with Crippen molar-refractivity contribution in [3.63, 3.8) is 0 Å². The van der Waals surface area contributed by atoms with Gasteiger partial charge in [0.2, 0.25) is 0 Å². The first-order valence-electron chi connectivity index (χ1n) is 7.17. The van der Waals surface area contributed by atoms with Crippen molar-refractivity contribution in [1.82, 2.24) is 9.97 Å². The number of pyridine rings is 1. The van der Waals surface area contributed by atoms with Gasteiger partial charge in [-0.05, 0) is 30.3 Å². The zero-order chi connectivity index (χ0) is 16.1. The Kier molecular flexibility index (Phi) is 4.85. The van der Waals surface area contributed by atoms with Gasteiger partial charge in [0, 0.05) is 22.8 Å². The van der Waals surface area contributed by atoms with Gasteiger partial charge in [-0.2, -0.15) is 0 Å². The number of ether oxygens (including phenoxy) is 1. The van der Waals surface area contributed by atoms with Gasteiger partial charge in [0.05, 0.1) is 31.6 Å². The van der Waals surface area contributed by atoms with Crippen molar-refractivity contribution in [2.75, 3.05) is 12.4 Å². The molecule has 0 saturated carbocycles. The third-order valence-corrected chi connectivity index (χ3v) is 4.27. The highest BCUT2D eigenvalue weighted by molar-refractivity contribution is 7.13. The van der Waals surface area contributed by atoms with E-state index in [-0.39, 0.29) is 6.61 Å². The Bertz CT molecular complexity index is 775. The van der Waals surface area contributed by atoms with Gasteiger partial charge in [-0.3, -0.25) is 4.98 Å². The maximum Gasteiger partial charge on any atom is 0.142 e. The summed E-state index contributed by atoms with van der Waals surface area (Å²) in [6.07, 6.45) is 1.77. The summed E-state index contributed by atoms with van der Waals surface area (Å²) in [5.41, 5.74) is 3.51. The van der Waals surface area contributed by atoms with Crippen LogP contribution in [0.1, 0.15) is 11.3 Å². The van der Waals surface area contributed by atoms with Gasteiger partial charge in [0.25, 0.3) is 0 Å².